The number of halogens is 6. The second-order valence-corrected chi connectivity index (χ2v) is 13.3. The second-order valence-electron chi connectivity index (χ2n) is 10.7. The normalized spacial score (nSPS) is 20.2. The van der Waals surface area contributed by atoms with Gasteiger partial charge in [0.25, 0.3) is 5.76 Å². The van der Waals surface area contributed by atoms with Crippen molar-refractivity contribution in [3.8, 4) is 5.75 Å². The summed E-state index contributed by atoms with van der Waals surface area (Å²) in [5, 5.41) is 0. The van der Waals surface area contributed by atoms with Crippen LogP contribution >= 0.6 is 35.9 Å². The van der Waals surface area contributed by atoms with Gasteiger partial charge in [-0.3, -0.25) is 0 Å². The Balaban J connectivity index is 1.92. The summed E-state index contributed by atoms with van der Waals surface area (Å²) in [6.45, 7) is 4.19. The summed E-state index contributed by atoms with van der Waals surface area (Å²) in [4.78, 5) is 0. The molecule has 3 unspecified atom stereocenters. The van der Waals surface area contributed by atoms with Crippen LogP contribution < -0.4 is 8.31 Å². The molecule has 0 bridgehead atoms. The molecule has 2 saturated carbocycles. The van der Waals surface area contributed by atoms with Gasteiger partial charge in [-0.1, -0.05) is 70.9 Å². The van der Waals surface area contributed by atoms with Crippen LogP contribution in [-0.2, 0) is 0 Å². The Labute approximate surface area is 242 Å². The highest BCUT2D eigenvalue weighted by Crippen LogP contribution is 2.48. The van der Waals surface area contributed by atoms with Crippen molar-refractivity contribution in [1.82, 2.24) is 4.13 Å². The highest BCUT2D eigenvalue weighted by atomic mass is 32.2. The van der Waals surface area contributed by atoms with Gasteiger partial charge in [-0.25, -0.2) is 12.9 Å². The number of hydrogen-bond donors (Lipinski definition) is 1. The highest BCUT2D eigenvalue weighted by molar-refractivity contribution is 8.13. The quantitative estimate of drug-likeness (QED) is 0.120. The lowest BCUT2D eigenvalue weighted by molar-refractivity contribution is -0.0699. The van der Waals surface area contributed by atoms with Crippen molar-refractivity contribution >= 4 is 35.9 Å². The highest BCUT2D eigenvalue weighted by Gasteiger charge is 2.51. The van der Waals surface area contributed by atoms with Crippen molar-refractivity contribution in [2.45, 2.75) is 138 Å². The van der Waals surface area contributed by atoms with Gasteiger partial charge in [-0.15, -0.1) is 0 Å². The standard InChI is InChI=1S/C28H41F6NOS3/c1-3-11-18(4-2)22-16-21(19-12-7-5-8-13-19)17-23(20-14-9-6-10-15-20)24(22)36-39-26(30)28(33,34)25(29)37-35-38-27(31)32/h16-20,25-27,35H,3-15H2,1-2H3. The van der Waals surface area contributed by atoms with Crippen LogP contribution in [0.15, 0.2) is 12.1 Å². The van der Waals surface area contributed by atoms with E-state index in [9.17, 15) is 26.3 Å². The van der Waals surface area contributed by atoms with E-state index in [1.807, 2.05) is 0 Å². The second kappa shape index (κ2) is 16.3. The molecule has 224 valence electrons. The van der Waals surface area contributed by atoms with Crippen LogP contribution in [0.3, 0.4) is 0 Å². The van der Waals surface area contributed by atoms with Crippen LogP contribution in [-0.4, -0.2) is 22.7 Å². The molecule has 2 fully saturated rings. The molecule has 0 heterocycles. The van der Waals surface area contributed by atoms with Gasteiger partial charge < -0.3 is 4.18 Å². The molecule has 2 aliphatic rings. The van der Waals surface area contributed by atoms with E-state index in [0.717, 1.165) is 75.3 Å². The van der Waals surface area contributed by atoms with E-state index in [-0.39, 0.29) is 47.8 Å². The molecule has 3 atom stereocenters. The predicted molar refractivity (Wildman–Crippen MR) is 153 cm³/mol. The van der Waals surface area contributed by atoms with Crippen LogP contribution in [0.1, 0.15) is 132 Å². The zero-order chi connectivity index (χ0) is 28.4. The summed E-state index contributed by atoms with van der Waals surface area (Å²) >= 11 is -0.551. The third kappa shape index (κ3) is 9.30. The summed E-state index contributed by atoms with van der Waals surface area (Å²) in [5.41, 5.74) is -2.92. The van der Waals surface area contributed by atoms with Gasteiger partial charge in [0.15, 0.2) is 0 Å². The molecule has 0 radical (unpaired) electrons. The zero-order valence-electron chi connectivity index (χ0n) is 22.7. The Hall–Kier alpha value is -0.390. The van der Waals surface area contributed by atoms with Crippen molar-refractivity contribution in [3.05, 3.63) is 28.8 Å². The van der Waals surface area contributed by atoms with Crippen molar-refractivity contribution in [3.63, 3.8) is 0 Å². The lowest BCUT2D eigenvalue weighted by atomic mass is 9.77. The minimum atomic E-state index is -4.45. The molecule has 0 amide bonds. The Morgan fingerprint density at radius 1 is 0.872 bits per heavy atom. The average molecular weight is 618 g/mol. The molecule has 2 aliphatic carbocycles. The zero-order valence-corrected chi connectivity index (χ0v) is 25.2. The fourth-order valence-corrected chi connectivity index (χ4v) is 7.69. The van der Waals surface area contributed by atoms with Crippen LogP contribution in [0.2, 0.25) is 0 Å². The molecule has 3 rings (SSSR count). The molecule has 0 spiro atoms. The van der Waals surface area contributed by atoms with E-state index in [1.165, 1.54) is 24.8 Å². The van der Waals surface area contributed by atoms with Crippen molar-refractivity contribution in [2.75, 3.05) is 0 Å². The maximum absolute atomic E-state index is 14.9. The van der Waals surface area contributed by atoms with E-state index in [4.69, 9.17) is 4.18 Å². The van der Waals surface area contributed by atoms with Gasteiger partial charge in [0, 0.05) is 11.9 Å². The van der Waals surface area contributed by atoms with Crippen LogP contribution in [0.25, 0.3) is 0 Å². The minimum absolute atomic E-state index is 0.0684. The molecule has 0 aliphatic heterocycles. The Bertz CT molecular complexity index is 842. The SMILES string of the molecule is CCCC(CC)c1cc(C2CCCCC2)cc(C2CCCCC2)c1OSC(F)C(F)(F)C(F)SNSC(F)F. The van der Waals surface area contributed by atoms with E-state index >= 15 is 0 Å². The van der Waals surface area contributed by atoms with Gasteiger partial charge in [-0.05, 0) is 84.9 Å². The van der Waals surface area contributed by atoms with E-state index in [1.54, 1.807) is 4.13 Å². The molecule has 1 N–H and O–H groups in total. The number of nitrogens with one attached hydrogen (secondary N) is 1. The average Bonchev–Trinajstić information content (AvgIpc) is 2.94. The first-order valence-electron chi connectivity index (χ1n) is 14.2. The third-order valence-corrected chi connectivity index (χ3v) is 10.2. The van der Waals surface area contributed by atoms with Crippen LogP contribution in [0.4, 0.5) is 26.3 Å². The monoisotopic (exact) mass is 617 g/mol. The maximum atomic E-state index is 14.9. The number of rotatable bonds is 15. The van der Waals surface area contributed by atoms with Crippen molar-refractivity contribution < 1.29 is 30.5 Å². The molecule has 1 aromatic rings. The topological polar surface area (TPSA) is 21.3 Å². The molecule has 0 saturated heterocycles. The third-order valence-electron chi connectivity index (χ3n) is 7.97. The summed E-state index contributed by atoms with van der Waals surface area (Å²) in [7, 11) is 0. The Morgan fingerprint density at radius 2 is 1.49 bits per heavy atom. The smallest absolute Gasteiger partial charge is 0.332 e. The van der Waals surface area contributed by atoms with Crippen molar-refractivity contribution in [1.29, 1.82) is 0 Å². The summed E-state index contributed by atoms with van der Waals surface area (Å²) in [6.07, 6.45) is 13.7. The van der Waals surface area contributed by atoms with E-state index < -0.39 is 22.7 Å². The molecule has 11 heteroatoms. The Morgan fingerprint density at radius 3 is 2.05 bits per heavy atom. The van der Waals surface area contributed by atoms with Crippen LogP contribution in [0, 0.1) is 0 Å². The first kappa shape index (κ1) is 33.1. The fourth-order valence-electron chi connectivity index (χ4n) is 5.86. The van der Waals surface area contributed by atoms with Crippen LogP contribution in [0.5, 0.6) is 5.75 Å². The fraction of sp³-hybridized carbons (Fsp3) is 0.786. The lowest BCUT2D eigenvalue weighted by Gasteiger charge is -2.31. The predicted octanol–water partition coefficient (Wildman–Crippen LogP) is 11.4. The number of benzene rings is 1. The summed E-state index contributed by atoms with van der Waals surface area (Å²) < 4.78 is 90.3. The first-order chi connectivity index (χ1) is 18.7. The Kier molecular flexibility index (Phi) is 13.8. The molecule has 1 aromatic carbocycles. The van der Waals surface area contributed by atoms with Gasteiger partial charge in [0.2, 0.25) is 11.0 Å². The van der Waals surface area contributed by atoms with Gasteiger partial charge in [-0.2, -0.15) is 17.6 Å². The molecule has 0 aromatic heterocycles. The lowest BCUT2D eigenvalue weighted by Crippen LogP contribution is -2.37. The van der Waals surface area contributed by atoms with Gasteiger partial charge in [0.1, 0.15) is 5.75 Å². The summed E-state index contributed by atoms with van der Waals surface area (Å²) in [6, 6.07) is 4.33. The maximum Gasteiger partial charge on any atom is 0.332 e. The largest absolute Gasteiger partial charge is 0.422 e. The molecular weight excluding hydrogens is 577 g/mol. The molecule has 39 heavy (non-hydrogen) atoms. The minimum Gasteiger partial charge on any atom is -0.422 e. The molecule has 2 nitrogen and oxygen atoms in total. The van der Waals surface area contributed by atoms with Gasteiger partial charge >= 0.3 is 5.92 Å². The first-order valence-corrected chi connectivity index (χ1v) is 16.8. The van der Waals surface area contributed by atoms with Crippen molar-refractivity contribution in [2.24, 2.45) is 0 Å². The summed E-state index contributed by atoms with van der Waals surface area (Å²) in [5.74, 6) is -6.13. The van der Waals surface area contributed by atoms with E-state index in [2.05, 4.69) is 26.0 Å². The molecular formula is C28H41F6NOS3. The van der Waals surface area contributed by atoms with Gasteiger partial charge in [0.05, 0.1) is 12.0 Å². The number of alkyl halides is 6. The van der Waals surface area contributed by atoms with E-state index in [0.29, 0.717) is 11.7 Å². The number of hydrogen-bond acceptors (Lipinski definition) is 5.